The number of halogens is 2. The molecular weight excluding hydrogens is 195 g/mol. The van der Waals surface area contributed by atoms with E-state index in [1.165, 1.54) is 0 Å². The number of hydrazone groups is 1. The molecule has 1 aliphatic heterocycles. The standard InChI is InChI=1S/C3H3Cl2N3.2Na.2H/c4-3-1-2-6-8(5)7-3;;;;/h1-2,6H;;;;. The van der Waals surface area contributed by atoms with Gasteiger partial charge in [-0.1, -0.05) is 11.6 Å². The normalized spacial score (nSPS) is 14.2. The third-order valence-electron chi connectivity index (χ3n) is 0.585. The van der Waals surface area contributed by atoms with Gasteiger partial charge in [0, 0.05) is 6.20 Å². The number of hydrogen-bond acceptors (Lipinski definition) is 3. The monoisotopic (exact) mass is 199 g/mol. The van der Waals surface area contributed by atoms with Gasteiger partial charge in [-0.25, -0.2) is 0 Å². The molecule has 0 radical (unpaired) electrons. The molecule has 0 spiro atoms. The molecule has 1 heterocycles. The van der Waals surface area contributed by atoms with Crippen molar-refractivity contribution in [2.24, 2.45) is 5.10 Å². The molecule has 0 aromatic carbocycles. The van der Waals surface area contributed by atoms with Gasteiger partial charge in [0.05, 0.1) is 11.8 Å². The summed E-state index contributed by atoms with van der Waals surface area (Å²) in [5.74, 6) is 0. The first-order chi connectivity index (χ1) is 3.79. The van der Waals surface area contributed by atoms with Crippen molar-refractivity contribution in [3.63, 3.8) is 0 Å². The van der Waals surface area contributed by atoms with Crippen LogP contribution < -0.4 is 5.43 Å². The van der Waals surface area contributed by atoms with Crippen LogP contribution in [0.25, 0.3) is 0 Å². The fourth-order valence-electron chi connectivity index (χ4n) is 0.314. The Morgan fingerprint density at radius 1 is 1.50 bits per heavy atom. The van der Waals surface area contributed by atoms with Gasteiger partial charge in [-0.2, -0.15) is 0 Å². The molecule has 48 valence electrons. The molecule has 0 saturated heterocycles. The van der Waals surface area contributed by atoms with Gasteiger partial charge in [-0.3, -0.25) is 5.43 Å². The van der Waals surface area contributed by atoms with E-state index in [4.69, 9.17) is 23.4 Å². The molecule has 0 atom stereocenters. The zero-order valence-corrected chi connectivity index (χ0v) is 5.32. The summed E-state index contributed by atoms with van der Waals surface area (Å²) < 4.78 is 1.00. The van der Waals surface area contributed by atoms with Crippen molar-refractivity contribution in [1.29, 1.82) is 0 Å². The van der Waals surface area contributed by atoms with Crippen molar-refractivity contribution in [3.05, 3.63) is 12.3 Å². The molecule has 0 amide bonds. The van der Waals surface area contributed by atoms with E-state index in [-0.39, 0.29) is 59.1 Å². The maximum atomic E-state index is 5.41. The average Bonchev–Trinajstić information content (AvgIpc) is 1.64. The molecule has 1 N–H and O–H groups in total. The summed E-state index contributed by atoms with van der Waals surface area (Å²) in [7, 11) is 0. The van der Waals surface area contributed by atoms with E-state index >= 15 is 0 Å². The molecule has 0 bridgehead atoms. The Morgan fingerprint density at radius 3 is 2.40 bits per heavy atom. The third-order valence-corrected chi connectivity index (χ3v) is 0.960. The second kappa shape index (κ2) is 7.25. The Kier molecular flexibility index (Phi) is 10.2. The topological polar surface area (TPSA) is 27.6 Å². The van der Waals surface area contributed by atoms with Gasteiger partial charge < -0.3 is 0 Å². The summed E-state index contributed by atoms with van der Waals surface area (Å²) in [5, 5.41) is 3.93. The molecule has 0 aliphatic carbocycles. The predicted molar refractivity (Wildman–Crippen MR) is 47.6 cm³/mol. The summed E-state index contributed by atoms with van der Waals surface area (Å²) in [5.41, 5.74) is 2.56. The van der Waals surface area contributed by atoms with Gasteiger partial charge in [0.25, 0.3) is 0 Å². The van der Waals surface area contributed by atoms with Gasteiger partial charge in [0.1, 0.15) is 0 Å². The zero-order valence-electron chi connectivity index (χ0n) is 3.81. The molecular formula is C3H5Cl2N3Na2. The molecule has 0 saturated carbocycles. The summed E-state index contributed by atoms with van der Waals surface area (Å²) in [6.45, 7) is 0. The van der Waals surface area contributed by atoms with E-state index in [0.717, 1.165) is 4.64 Å². The van der Waals surface area contributed by atoms with Gasteiger partial charge in [-0.15, -0.1) is 9.74 Å². The summed E-state index contributed by atoms with van der Waals surface area (Å²) in [4.78, 5) is 0. The van der Waals surface area contributed by atoms with Crippen LogP contribution >= 0.6 is 23.4 Å². The van der Waals surface area contributed by atoms with Crippen molar-refractivity contribution >= 4 is 87.7 Å². The summed E-state index contributed by atoms with van der Waals surface area (Å²) in [6.07, 6.45) is 3.18. The third kappa shape index (κ3) is 5.27. The van der Waals surface area contributed by atoms with Crippen LogP contribution in [0, 0.1) is 0 Å². The first-order valence-electron chi connectivity index (χ1n) is 1.92. The molecule has 0 aromatic heterocycles. The number of allylic oxidation sites excluding steroid dienone is 1. The number of nitrogens with one attached hydrogen (secondary N) is 1. The van der Waals surface area contributed by atoms with E-state index in [9.17, 15) is 0 Å². The van der Waals surface area contributed by atoms with Crippen molar-refractivity contribution in [2.75, 3.05) is 0 Å². The second-order valence-electron chi connectivity index (χ2n) is 1.15. The molecule has 0 fully saturated rings. The minimum absolute atomic E-state index is 0. The zero-order chi connectivity index (χ0) is 5.98. The van der Waals surface area contributed by atoms with E-state index < -0.39 is 0 Å². The van der Waals surface area contributed by atoms with Crippen LogP contribution in [0.3, 0.4) is 0 Å². The number of hydrogen-bond donors (Lipinski definition) is 1. The Hall–Kier alpha value is 1.59. The Morgan fingerprint density at radius 2 is 2.10 bits per heavy atom. The van der Waals surface area contributed by atoms with Crippen molar-refractivity contribution in [1.82, 2.24) is 10.1 Å². The molecule has 1 rings (SSSR count). The quantitative estimate of drug-likeness (QED) is 0.430. The van der Waals surface area contributed by atoms with Crippen LogP contribution in [0.15, 0.2) is 17.4 Å². The Bertz CT molecular complexity index is 149. The molecule has 10 heavy (non-hydrogen) atoms. The van der Waals surface area contributed by atoms with Crippen LogP contribution in [-0.2, 0) is 0 Å². The van der Waals surface area contributed by atoms with E-state index in [1.54, 1.807) is 12.3 Å². The fourth-order valence-corrected chi connectivity index (χ4v) is 0.629. The maximum absolute atomic E-state index is 5.41. The molecule has 0 aromatic rings. The SMILES string of the molecule is ClC1=NN(Cl)NC=C1.[NaH].[NaH]. The van der Waals surface area contributed by atoms with Crippen LogP contribution in [0.1, 0.15) is 0 Å². The second-order valence-corrected chi connectivity index (χ2v) is 1.85. The van der Waals surface area contributed by atoms with Gasteiger partial charge in [-0.05, 0) is 6.08 Å². The van der Waals surface area contributed by atoms with Crippen LogP contribution in [0.2, 0.25) is 0 Å². The van der Waals surface area contributed by atoms with E-state index in [1.807, 2.05) is 0 Å². The van der Waals surface area contributed by atoms with Crippen molar-refractivity contribution in [2.45, 2.75) is 0 Å². The summed E-state index contributed by atoms with van der Waals surface area (Å²) in [6, 6.07) is 0. The van der Waals surface area contributed by atoms with E-state index in [0.29, 0.717) is 5.17 Å². The first kappa shape index (κ1) is 14.1. The first-order valence-corrected chi connectivity index (χ1v) is 2.63. The summed E-state index contributed by atoms with van der Waals surface area (Å²) >= 11 is 10.7. The average molecular weight is 200 g/mol. The number of rotatable bonds is 0. The predicted octanol–water partition coefficient (Wildman–Crippen LogP) is -0.271. The Labute approximate surface area is 113 Å². The molecule has 3 nitrogen and oxygen atoms in total. The number of nitrogens with zero attached hydrogens (tertiary/aromatic N) is 2. The van der Waals surface area contributed by atoms with E-state index in [2.05, 4.69) is 10.5 Å². The number of hydrazine groups is 1. The fraction of sp³-hybridized carbons (Fsp3) is 0. The van der Waals surface area contributed by atoms with Gasteiger partial charge in [0.2, 0.25) is 0 Å². The van der Waals surface area contributed by atoms with Crippen LogP contribution in [-0.4, -0.2) is 68.9 Å². The molecule has 1 aliphatic rings. The molecule has 0 unspecified atom stereocenters. The Balaban J connectivity index is 0. The van der Waals surface area contributed by atoms with Crippen LogP contribution in [0.4, 0.5) is 0 Å². The van der Waals surface area contributed by atoms with Gasteiger partial charge >= 0.3 is 59.1 Å². The minimum atomic E-state index is 0. The van der Waals surface area contributed by atoms with Crippen molar-refractivity contribution < 1.29 is 0 Å². The van der Waals surface area contributed by atoms with Crippen molar-refractivity contribution in [3.8, 4) is 0 Å². The van der Waals surface area contributed by atoms with Gasteiger partial charge in [0.15, 0.2) is 5.17 Å². The molecule has 7 heteroatoms. The van der Waals surface area contributed by atoms with Crippen LogP contribution in [0.5, 0.6) is 0 Å².